The molecular weight excluding hydrogens is 344 g/mol. The van der Waals surface area contributed by atoms with Crippen molar-refractivity contribution in [3.63, 3.8) is 0 Å². The highest BCUT2D eigenvalue weighted by atomic mass is 15.4. The highest BCUT2D eigenvalue weighted by Gasteiger charge is 2.33. The van der Waals surface area contributed by atoms with E-state index in [1.807, 2.05) is 4.68 Å². The van der Waals surface area contributed by atoms with Gasteiger partial charge in [0, 0.05) is 5.70 Å². The number of nitrogens with one attached hydrogen (secondary N) is 1. The molecule has 0 spiro atoms. The smallest absolute Gasteiger partial charge is 0.226 e. The minimum absolute atomic E-state index is 0.107. The second-order valence-electron chi connectivity index (χ2n) is 7.80. The summed E-state index contributed by atoms with van der Waals surface area (Å²) in [6.45, 7) is 4.25. The van der Waals surface area contributed by atoms with E-state index in [1.165, 1.54) is 39.1 Å². The number of rotatable bonds is 2. The van der Waals surface area contributed by atoms with Crippen LogP contribution in [0, 0.1) is 13.8 Å². The maximum atomic E-state index is 4.54. The minimum Gasteiger partial charge on any atom is -0.324 e. The molecule has 1 atom stereocenters. The van der Waals surface area contributed by atoms with Gasteiger partial charge in [-0.15, -0.1) is 0 Å². The molecule has 0 bridgehead atoms. The van der Waals surface area contributed by atoms with Gasteiger partial charge in [0.15, 0.2) is 0 Å². The topological polar surface area (TPSA) is 42.7 Å². The lowest BCUT2D eigenvalue weighted by atomic mass is 9.83. The number of anilines is 1. The van der Waals surface area contributed by atoms with Gasteiger partial charge in [0.05, 0.1) is 0 Å². The van der Waals surface area contributed by atoms with Crippen molar-refractivity contribution >= 4 is 12.0 Å². The van der Waals surface area contributed by atoms with Gasteiger partial charge < -0.3 is 5.32 Å². The van der Waals surface area contributed by atoms with Gasteiger partial charge in [0.25, 0.3) is 0 Å². The Hall–Kier alpha value is -3.14. The van der Waals surface area contributed by atoms with Crippen LogP contribution in [0.2, 0.25) is 0 Å². The molecule has 28 heavy (non-hydrogen) atoms. The molecule has 4 heteroatoms. The SMILES string of the molecule is Cc1ccc(/C=C2/CCCC3=C2Nc2ncnn2[C@H]3c2ccc(C)cc2)cc1. The summed E-state index contributed by atoms with van der Waals surface area (Å²) in [5.41, 5.74) is 9.07. The van der Waals surface area contributed by atoms with Gasteiger partial charge in [-0.2, -0.15) is 10.1 Å². The van der Waals surface area contributed by atoms with Crippen LogP contribution >= 0.6 is 0 Å². The summed E-state index contributed by atoms with van der Waals surface area (Å²) in [6, 6.07) is 17.6. The van der Waals surface area contributed by atoms with E-state index in [0.717, 1.165) is 25.2 Å². The van der Waals surface area contributed by atoms with Crippen LogP contribution in [0.4, 0.5) is 5.95 Å². The van der Waals surface area contributed by atoms with E-state index in [-0.39, 0.29) is 6.04 Å². The van der Waals surface area contributed by atoms with Crippen LogP contribution in [0.5, 0.6) is 0 Å². The molecule has 0 amide bonds. The summed E-state index contributed by atoms with van der Waals surface area (Å²) < 4.78 is 2.03. The van der Waals surface area contributed by atoms with Crippen molar-refractivity contribution in [2.24, 2.45) is 0 Å². The van der Waals surface area contributed by atoms with Gasteiger partial charge >= 0.3 is 0 Å². The molecule has 0 saturated carbocycles. The van der Waals surface area contributed by atoms with E-state index < -0.39 is 0 Å². The molecule has 0 fully saturated rings. The Labute approximate surface area is 165 Å². The van der Waals surface area contributed by atoms with E-state index in [9.17, 15) is 0 Å². The van der Waals surface area contributed by atoms with E-state index >= 15 is 0 Å². The molecule has 1 aliphatic heterocycles. The van der Waals surface area contributed by atoms with E-state index in [4.69, 9.17) is 0 Å². The number of aromatic nitrogens is 3. The van der Waals surface area contributed by atoms with Gasteiger partial charge in [-0.25, -0.2) is 4.68 Å². The largest absolute Gasteiger partial charge is 0.324 e. The highest BCUT2D eigenvalue weighted by Crippen LogP contribution is 2.43. The summed E-state index contributed by atoms with van der Waals surface area (Å²) in [6.07, 6.45) is 7.27. The Bertz CT molecular complexity index is 1070. The summed E-state index contributed by atoms with van der Waals surface area (Å²) in [7, 11) is 0. The molecule has 3 aromatic rings. The van der Waals surface area contributed by atoms with Gasteiger partial charge in [-0.1, -0.05) is 59.7 Å². The molecule has 1 N–H and O–H groups in total. The van der Waals surface area contributed by atoms with Crippen LogP contribution in [-0.2, 0) is 0 Å². The standard InChI is InChI=1S/C24H24N4/c1-16-6-10-18(11-7-16)14-20-4-3-5-21-22(20)27-24-25-15-26-28(24)23(21)19-12-8-17(2)9-13-19/h6-15,23H,3-5H2,1-2H3,(H,25,26,27)/b20-14-/t23-/m0/s1. The molecule has 0 unspecified atom stereocenters. The first-order chi connectivity index (χ1) is 13.7. The monoisotopic (exact) mass is 368 g/mol. The number of hydrogen-bond donors (Lipinski definition) is 1. The third-order valence-electron chi connectivity index (χ3n) is 5.73. The van der Waals surface area contributed by atoms with Crippen molar-refractivity contribution in [3.8, 4) is 0 Å². The zero-order valence-corrected chi connectivity index (χ0v) is 16.3. The fraction of sp³-hybridized carbons (Fsp3) is 0.250. The molecule has 2 aliphatic rings. The molecule has 4 nitrogen and oxygen atoms in total. The molecule has 2 heterocycles. The Kier molecular flexibility index (Phi) is 4.12. The summed E-state index contributed by atoms with van der Waals surface area (Å²) in [5, 5.41) is 8.11. The molecule has 5 rings (SSSR count). The Morgan fingerprint density at radius 1 is 0.964 bits per heavy atom. The fourth-order valence-electron chi connectivity index (χ4n) is 4.25. The van der Waals surface area contributed by atoms with Gasteiger partial charge in [-0.05, 0) is 61.5 Å². The quantitative estimate of drug-likeness (QED) is 0.656. The predicted molar refractivity (Wildman–Crippen MR) is 113 cm³/mol. The van der Waals surface area contributed by atoms with Gasteiger partial charge in [-0.3, -0.25) is 0 Å². The zero-order chi connectivity index (χ0) is 19.1. The van der Waals surface area contributed by atoms with Gasteiger partial charge in [0.1, 0.15) is 12.4 Å². The van der Waals surface area contributed by atoms with Crippen molar-refractivity contribution in [1.82, 2.24) is 14.8 Å². The highest BCUT2D eigenvalue weighted by molar-refractivity contribution is 5.65. The second-order valence-corrected chi connectivity index (χ2v) is 7.80. The molecule has 1 aliphatic carbocycles. The normalized spacial score (nSPS) is 19.9. The Morgan fingerprint density at radius 3 is 2.43 bits per heavy atom. The zero-order valence-electron chi connectivity index (χ0n) is 16.3. The van der Waals surface area contributed by atoms with Crippen molar-refractivity contribution in [2.75, 3.05) is 5.32 Å². The van der Waals surface area contributed by atoms with Crippen molar-refractivity contribution < 1.29 is 0 Å². The van der Waals surface area contributed by atoms with E-state index in [0.29, 0.717) is 0 Å². The number of benzene rings is 2. The minimum atomic E-state index is 0.107. The lowest BCUT2D eigenvalue weighted by Gasteiger charge is -2.34. The fourth-order valence-corrected chi connectivity index (χ4v) is 4.25. The number of aryl methyl sites for hydroxylation is 2. The predicted octanol–water partition coefficient (Wildman–Crippen LogP) is 5.43. The molecule has 140 valence electrons. The number of hydrogen-bond acceptors (Lipinski definition) is 3. The number of allylic oxidation sites excluding steroid dienone is 2. The molecule has 1 aromatic heterocycles. The number of fused-ring (bicyclic) bond motifs is 1. The van der Waals surface area contributed by atoms with Crippen LogP contribution in [0.15, 0.2) is 71.7 Å². The van der Waals surface area contributed by atoms with Gasteiger partial charge in [0.2, 0.25) is 5.95 Å². The number of nitrogens with zero attached hydrogens (tertiary/aromatic N) is 3. The van der Waals surface area contributed by atoms with E-state index in [2.05, 4.69) is 83.9 Å². The summed E-state index contributed by atoms with van der Waals surface area (Å²) in [4.78, 5) is 4.47. The Morgan fingerprint density at radius 2 is 1.68 bits per heavy atom. The second kappa shape index (κ2) is 6.79. The van der Waals surface area contributed by atoms with Crippen LogP contribution in [-0.4, -0.2) is 14.8 Å². The van der Waals surface area contributed by atoms with Crippen LogP contribution < -0.4 is 5.32 Å². The van der Waals surface area contributed by atoms with Crippen LogP contribution in [0.1, 0.15) is 47.6 Å². The van der Waals surface area contributed by atoms with Crippen molar-refractivity contribution in [2.45, 2.75) is 39.2 Å². The first-order valence-corrected chi connectivity index (χ1v) is 9.93. The molecular formula is C24H24N4. The molecule has 2 aromatic carbocycles. The average Bonchev–Trinajstić information content (AvgIpc) is 3.17. The third-order valence-corrected chi connectivity index (χ3v) is 5.73. The lowest BCUT2D eigenvalue weighted by Crippen LogP contribution is -2.28. The first-order valence-electron chi connectivity index (χ1n) is 9.93. The van der Waals surface area contributed by atoms with Crippen LogP contribution in [0.3, 0.4) is 0 Å². The summed E-state index contributed by atoms with van der Waals surface area (Å²) in [5.74, 6) is 0.820. The third kappa shape index (κ3) is 2.95. The maximum absolute atomic E-state index is 4.54. The average molecular weight is 368 g/mol. The van der Waals surface area contributed by atoms with Crippen molar-refractivity contribution in [1.29, 1.82) is 0 Å². The molecule has 0 saturated heterocycles. The lowest BCUT2D eigenvalue weighted by molar-refractivity contribution is 0.538. The van der Waals surface area contributed by atoms with E-state index in [1.54, 1.807) is 6.33 Å². The van der Waals surface area contributed by atoms with Crippen LogP contribution in [0.25, 0.3) is 6.08 Å². The Balaban J connectivity index is 1.63. The first kappa shape index (κ1) is 17.0. The summed E-state index contributed by atoms with van der Waals surface area (Å²) >= 11 is 0. The molecule has 0 radical (unpaired) electrons. The maximum Gasteiger partial charge on any atom is 0.226 e. The van der Waals surface area contributed by atoms with Crippen molar-refractivity contribution in [3.05, 3.63) is 94.0 Å².